The number of amides is 1. The number of ether oxygens (including phenoxy) is 3. The van der Waals surface area contributed by atoms with Crippen LogP contribution in [0, 0.1) is 16.7 Å². The number of nitrogens with zero attached hydrogens (tertiary/aromatic N) is 2. The number of aryl methyl sites for hydroxylation is 1. The molecule has 1 aliphatic carbocycles. The van der Waals surface area contributed by atoms with Gasteiger partial charge in [0.1, 0.15) is 28.1 Å². The average molecular weight is 487 g/mol. The molecule has 1 aliphatic rings. The van der Waals surface area contributed by atoms with Crippen molar-refractivity contribution in [2.75, 3.05) is 12.4 Å². The number of halogens is 1. The second kappa shape index (κ2) is 8.94. The molecule has 0 spiro atoms. The molecular formula is C22H23BrN4O4. The minimum Gasteiger partial charge on any atom is -0.484 e. The number of methoxy groups -OCH3 is 1. The molecule has 1 amide bonds. The van der Waals surface area contributed by atoms with Crippen LogP contribution in [0.5, 0.6) is 5.75 Å². The largest absolute Gasteiger partial charge is 0.484 e. The van der Waals surface area contributed by atoms with Crippen LogP contribution in [-0.2, 0) is 15.9 Å². The lowest BCUT2D eigenvalue weighted by atomic mass is 10.1. The lowest BCUT2D eigenvalue weighted by Crippen LogP contribution is -2.27. The Morgan fingerprint density at radius 1 is 1.35 bits per heavy atom. The number of nitrogens with one attached hydrogen (secondary N) is 2. The molecular weight excluding hydrogens is 464 g/mol. The van der Waals surface area contributed by atoms with Crippen LogP contribution in [0.25, 0.3) is 0 Å². The number of anilines is 1. The maximum Gasteiger partial charge on any atom is 0.412 e. The summed E-state index contributed by atoms with van der Waals surface area (Å²) < 4.78 is 17.0. The average Bonchev–Trinajstić information content (AvgIpc) is 3.07. The lowest BCUT2D eigenvalue weighted by molar-refractivity contribution is 0.0636. The first-order valence-corrected chi connectivity index (χ1v) is 10.4. The Hall–Kier alpha value is -3.12. The number of hydrogen-bond acceptors (Lipinski definition) is 7. The third-order valence-electron chi connectivity index (χ3n) is 4.54. The smallest absolute Gasteiger partial charge is 0.412 e. The van der Waals surface area contributed by atoms with Crippen LogP contribution in [0.1, 0.15) is 55.7 Å². The van der Waals surface area contributed by atoms with Gasteiger partial charge in [-0.2, -0.15) is 5.26 Å². The van der Waals surface area contributed by atoms with E-state index in [0.717, 1.165) is 24.1 Å². The Morgan fingerprint density at radius 3 is 2.74 bits per heavy atom. The molecule has 1 aromatic carbocycles. The third-order valence-corrected chi connectivity index (χ3v) is 5.15. The molecule has 0 aliphatic heterocycles. The van der Waals surface area contributed by atoms with E-state index in [1.165, 1.54) is 7.11 Å². The van der Waals surface area contributed by atoms with Crippen molar-refractivity contribution in [2.24, 2.45) is 0 Å². The highest BCUT2D eigenvalue weighted by Crippen LogP contribution is 2.36. The summed E-state index contributed by atoms with van der Waals surface area (Å²) in [6.07, 6.45) is 0.568. The van der Waals surface area contributed by atoms with Crippen molar-refractivity contribution in [1.29, 1.82) is 10.7 Å². The van der Waals surface area contributed by atoms with E-state index in [-0.39, 0.29) is 12.0 Å². The number of benzene rings is 1. The monoisotopic (exact) mass is 486 g/mol. The van der Waals surface area contributed by atoms with Crippen molar-refractivity contribution in [3.63, 3.8) is 0 Å². The van der Waals surface area contributed by atoms with Gasteiger partial charge in [0.15, 0.2) is 0 Å². The molecule has 8 nitrogen and oxygen atoms in total. The number of nitriles is 1. The highest BCUT2D eigenvalue weighted by Gasteiger charge is 2.28. The summed E-state index contributed by atoms with van der Waals surface area (Å²) in [7, 11) is 1.38. The Morgan fingerprint density at radius 2 is 2.10 bits per heavy atom. The fourth-order valence-corrected chi connectivity index (χ4v) is 3.62. The van der Waals surface area contributed by atoms with Gasteiger partial charge in [-0.25, -0.2) is 9.78 Å². The van der Waals surface area contributed by atoms with Crippen LogP contribution < -0.4 is 10.1 Å². The van der Waals surface area contributed by atoms with Crippen molar-refractivity contribution >= 4 is 33.6 Å². The summed E-state index contributed by atoms with van der Waals surface area (Å²) in [5.41, 5.74) is 2.35. The van der Waals surface area contributed by atoms with Crippen LogP contribution in [0.15, 0.2) is 28.9 Å². The van der Waals surface area contributed by atoms with Crippen LogP contribution in [0.4, 0.5) is 10.5 Å². The molecule has 0 saturated carbocycles. The van der Waals surface area contributed by atoms with E-state index >= 15 is 0 Å². The van der Waals surface area contributed by atoms with E-state index < -0.39 is 11.7 Å². The van der Waals surface area contributed by atoms with Gasteiger partial charge in [0.2, 0.25) is 5.90 Å². The van der Waals surface area contributed by atoms with E-state index in [9.17, 15) is 10.1 Å². The van der Waals surface area contributed by atoms with Crippen molar-refractivity contribution in [3.8, 4) is 11.8 Å². The van der Waals surface area contributed by atoms with Gasteiger partial charge >= 0.3 is 6.09 Å². The minimum atomic E-state index is -0.648. The van der Waals surface area contributed by atoms with E-state index in [1.807, 2.05) is 6.07 Å². The molecule has 2 aromatic rings. The fraction of sp³-hybridized carbons (Fsp3) is 0.364. The normalized spacial score (nSPS) is 14.9. The molecule has 0 saturated heterocycles. The number of hydrogen-bond donors (Lipinski definition) is 2. The first-order chi connectivity index (χ1) is 14.6. The highest BCUT2D eigenvalue weighted by atomic mass is 79.9. The lowest BCUT2D eigenvalue weighted by Gasteiger charge is -2.21. The molecule has 1 aromatic heterocycles. The zero-order chi connectivity index (χ0) is 22.8. The molecule has 9 heteroatoms. The molecule has 1 atom stereocenters. The zero-order valence-corrected chi connectivity index (χ0v) is 19.3. The van der Waals surface area contributed by atoms with Gasteiger partial charge in [-0.15, -0.1) is 0 Å². The molecule has 2 N–H and O–H groups in total. The summed E-state index contributed by atoms with van der Waals surface area (Å²) >= 11 is 3.33. The molecule has 0 fully saturated rings. The molecule has 0 bridgehead atoms. The maximum absolute atomic E-state index is 12.2. The van der Waals surface area contributed by atoms with Gasteiger partial charge in [0.05, 0.1) is 29.6 Å². The van der Waals surface area contributed by atoms with Crippen molar-refractivity contribution < 1.29 is 19.0 Å². The van der Waals surface area contributed by atoms with E-state index in [0.29, 0.717) is 27.2 Å². The Kier molecular flexibility index (Phi) is 6.51. The molecule has 1 unspecified atom stereocenters. The van der Waals surface area contributed by atoms with E-state index in [2.05, 4.69) is 32.3 Å². The first-order valence-electron chi connectivity index (χ1n) is 9.64. The van der Waals surface area contributed by atoms with Gasteiger partial charge in [0.25, 0.3) is 0 Å². The Balaban J connectivity index is 1.84. The molecule has 3 rings (SSSR count). The number of aromatic nitrogens is 1. The van der Waals surface area contributed by atoms with E-state index in [4.69, 9.17) is 19.6 Å². The summed E-state index contributed by atoms with van der Waals surface area (Å²) in [5, 5.41) is 19.9. The van der Waals surface area contributed by atoms with Crippen molar-refractivity contribution in [1.82, 2.24) is 4.98 Å². The van der Waals surface area contributed by atoms with Crippen LogP contribution >= 0.6 is 15.9 Å². The summed E-state index contributed by atoms with van der Waals surface area (Å²) in [6.45, 7) is 5.31. The number of fused-ring (bicyclic) bond motifs is 1. The predicted octanol–water partition coefficient (Wildman–Crippen LogP) is 5.10. The number of rotatable bonds is 4. The summed E-state index contributed by atoms with van der Waals surface area (Å²) in [6, 6.07) is 8.93. The molecule has 162 valence electrons. The summed E-state index contributed by atoms with van der Waals surface area (Å²) in [5.74, 6) is 0.384. The first kappa shape index (κ1) is 22.6. The standard InChI is InChI=1S/C22H23BrN4O4/c1-22(2,3)31-21(28)26-16-7-6-14(10-15(16)20(25)29-4)30-17-8-5-12-9-13(11-24)19(23)27-18(12)17/h6-7,9-10,17,25H,5,8H2,1-4H3,(H,26,28). The second-order valence-corrected chi connectivity index (χ2v) is 8.75. The Bertz CT molecular complexity index is 1070. The van der Waals surface area contributed by atoms with Crippen LogP contribution in [0.3, 0.4) is 0 Å². The molecule has 31 heavy (non-hydrogen) atoms. The predicted molar refractivity (Wildman–Crippen MR) is 118 cm³/mol. The quantitative estimate of drug-likeness (QED) is 0.352. The van der Waals surface area contributed by atoms with Crippen LogP contribution in [-0.4, -0.2) is 29.7 Å². The number of carbonyl (C=O) groups excluding carboxylic acids is 1. The van der Waals surface area contributed by atoms with Crippen molar-refractivity contribution in [2.45, 2.75) is 45.3 Å². The fourth-order valence-electron chi connectivity index (χ4n) is 3.22. The van der Waals surface area contributed by atoms with Crippen LogP contribution in [0.2, 0.25) is 0 Å². The number of pyridine rings is 1. The van der Waals surface area contributed by atoms with E-state index in [1.54, 1.807) is 39.0 Å². The SMILES string of the molecule is COC(=N)c1cc(OC2CCc3cc(C#N)c(Br)nc32)ccc1NC(=O)OC(C)(C)C. The van der Waals surface area contributed by atoms with Gasteiger partial charge in [0, 0.05) is 0 Å². The van der Waals surface area contributed by atoms with Crippen molar-refractivity contribution in [3.05, 3.63) is 51.3 Å². The van der Waals surface area contributed by atoms with Gasteiger partial charge in [-0.3, -0.25) is 10.7 Å². The Labute approximate surface area is 189 Å². The second-order valence-electron chi connectivity index (χ2n) is 8.00. The third kappa shape index (κ3) is 5.33. The zero-order valence-electron chi connectivity index (χ0n) is 17.7. The van der Waals surface area contributed by atoms with Gasteiger partial charge in [-0.05, 0) is 79.4 Å². The molecule has 1 heterocycles. The highest BCUT2D eigenvalue weighted by molar-refractivity contribution is 9.10. The topological polar surface area (TPSA) is 117 Å². The molecule has 0 radical (unpaired) electrons. The van der Waals surface area contributed by atoms with Gasteiger partial charge in [-0.1, -0.05) is 0 Å². The summed E-state index contributed by atoms with van der Waals surface area (Å²) in [4.78, 5) is 16.7. The minimum absolute atomic E-state index is 0.122. The maximum atomic E-state index is 12.2. The number of carbonyl (C=O) groups is 1. The van der Waals surface area contributed by atoms with Gasteiger partial charge < -0.3 is 14.2 Å².